The zero-order valence-electron chi connectivity index (χ0n) is 18.2. The van der Waals surface area contributed by atoms with E-state index in [1.807, 2.05) is 12.1 Å². The van der Waals surface area contributed by atoms with Crippen LogP contribution in [0.25, 0.3) is 21.8 Å². The van der Waals surface area contributed by atoms with Crippen LogP contribution >= 0.6 is 0 Å². The van der Waals surface area contributed by atoms with Gasteiger partial charge in [0.15, 0.2) is 0 Å². The van der Waals surface area contributed by atoms with Gasteiger partial charge in [-0.1, -0.05) is 24.3 Å². The fraction of sp³-hybridized carbons (Fsp3) is 0.333. The van der Waals surface area contributed by atoms with E-state index in [4.69, 9.17) is 48.7 Å². The molecule has 0 fully saturated rings. The first-order chi connectivity index (χ1) is 15.9. The Morgan fingerprint density at radius 2 is 0.914 bits per heavy atom. The molecule has 201 valence electrons. The Kier molecular flexibility index (Phi) is 20.3. The maximum atomic E-state index is 8.49. The first-order valence-electron chi connectivity index (χ1n) is 9.50. The Labute approximate surface area is 216 Å². The van der Waals surface area contributed by atoms with Gasteiger partial charge in [0.05, 0.1) is 11.0 Å². The number of hydrogen-bond acceptors (Lipinski definition) is 14. The van der Waals surface area contributed by atoms with E-state index in [0.717, 1.165) is 48.0 Å². The summed E-state index contributed by atoms with van der Waals surface area (Å²) in [6.07, 6.45) is 3.60. The molecule has 14 nitrogen and oxygen atoms in total. The van der Waals surface area contributed by atoms with E-state index in [1.165, 1.54) is 0 Å². The molecule has 0 saturated carbocycles. The Balaban J connectivity index is 0. The van der Waals surface area contributed by atoms with E-state index >= 15 is 0 Å². The third-order valence-electron chi connectivity index (χ3n) is 3.47. The Bertz CT molecular complexity index is 850. The fourth-order valence-electron chi connectivity index (χ4n) is 2.31. The molecule has 0 unspecified atom stereocenters. The number of aromatic nitrogens is 2. The minimum Gasteiger partial charge on any atom is -0.329 e. The van der Waals surface area contributed by atoms with Crippen LogP contribution in [0.5, 0.6) is 0 Å². The summed E-state index contributed by atoms with van der Waals surface area (Å²) in [4.78, 5) is 8.69. The van der Waals surface area contributed by atoms with E-state index in [1.54, 1.807) is 12.4 Å². The molecular weight excluding hydrogens is 563 g/mol. The van der Waals surface area contributed by atoms with Gasteiger partial charge in [-0.2, -0.15) is 0 Å². The molecular formula is C18H26Cl2CuN6O8. The van der Waals surface area contributed by atoms with Crippen LogP contribution in [-0.4, -0.2) is 49.2 Å². The average Bonchev–Trinajstić information content (AvgIpc) is 2.74. The zero-order chi connectivity index (χ0) is 26.0. The third-order valence-corrected chi connectivity index (χ3v) is 3.47. The van der Waals surface area contributed by atoms with Gasteiger partial charge in [-0.25, -0.2) is 37.3 Å². The number of benzene rings is 1. The summed E-state index contributed by atoms with van der Waals surface area (Å²) in [7, 11) is -9.89. The molecule has 6 N–H and O–H groups in total. The number of nitrogens with two attached hydrogens (primary N) is 2. The Morgan fingerprint density at radius 1 is 0.600 bits per heavy atom. The number of pyridine rings is 2. The Hall–Kier alpha value is -1.34. The predicted octanol–water partition coefficient (Wildman–Crippen LogP) is -8.65. The van der Waals surface area contributed by atoms with Crippen molar-refractivity contribution < 1.29 is 74.8 Å². The number of nitrogens with zero attached hydrogens (tertiary/aromatic N) is 2. The van der Waals surface area contributed by atoms with Crippen molar-refractivity contribution in [2.75, 3.05) is 39.3 Å². The van der Waals surface area contributed by atoms with Crippen molar-refractivity contribution in [1.29, 1.82) is 0 Å². The molecule has 0 amide bonds. The van der Waals surface area contributed by atoms with Gasteiger partial charge in [0.2, 0.25) is 0 Å². The minimum atomic E-state index is -4.94. The number of nitrogens with one attached hydrogen (secondary N) is 2. The summed E-state index contributed by atoms with van der Waals surface area (Å²) in [6, 6.07) is 12.1. The van der Waals surface area contributed by atoms with Gasteiger partial charge in [-0.15, -0.1) is 20.5 Å². The van der Waals surface area contributed by atoms with Crippen LogP contribution in [0.2, 0.25) is 0 Å². The van der Waals surface area contributed by atoms with Gasteiger partial charge >= 0.3 is 17.1 Å². The molecule has 0 aliphatic heterocycles. The second-order valence-electron chi connectivity index (χ2n) is 6.05. The molecule has 1 aromatic carbocycles. The molecule has 35 heavy (non-hydrogen) atoms. The van der Waals surface area contributed by atoms with Crippen LogP contribution in [0.1, 0.15) is 0 Å². The fourth-order valence-corrected chi connectivity index (χ4v) is 2.31. The van der Waals surface area contributed by atoms with E-state index < -0.39 is 20.5 Å². The smallest absolute Gasteiger partial charge is 0.329 e. The maximum absolute atomic E-state index is 8.49. The van der Waals surface area contributed by atoms with Crippen molar-refractivity contribution in [1.82, 2.24) is 20.6 Å². The zero-order valence-corrected chi connectivity index (χ0v) is 20.7. The molecule has 0 aliphatic carbocycles. The van der Waals surface area contributed by atoms with E-state index in [-0.39, 0.29) is 17.1 Å². The second kappa shape index (κ2) is 19.8. The molecule has 2 heterocycles. The molecule has 0 atom stereocenters. The number of fused-ring (bicyclic) bond motifs is 3. The van der Waals surface area contributed by atoms with Gasteiger partial charge in [0, 0.05) is 62.4 Å². The standard InChI is InChI=1S/C12H8N2.C6H18N4.2ClHO4.Cu/c1-3-9-5-6-10-4-2-8-14-12(10)11(9)13-7-1;7-1-3-9-5-6-10-4-2-8;2*2-1(3,4)5;/h1-8H;9-10H,1-8H2;2*(H,2,3,4,5);/q;;;;+2/p-2. The largest absolute Gasteiger partial charge is 2.00 e. The van der Waals surface area contributed by atoms with Crippen LogP contribution in [-0.2, 0) is 17.1 Å². The number of rotatable bonds is 7. The quantitative estimate of drug-likeness (QED) is 0.113. The molecule has 1 radical (unpaired) electrons. The van der Waals surface area contributed by atoms with Gasteiger partial charge < -0.3 is 22.1 Å². The Morgan fingerprint density at radius 3 is 1.20 bits per heavy atom. The molecule has 0 saturated heterocycles. The molecule has 0 spiro atoms. The normalized spacial score (nSPS) is 10.7. The molecule has 2 aromatic heterocycles. The van der Waals surface area contributed by atoms with Crippen molar-refractivity contribution in [3.63, 3.8) is 0 Å². The summed E-state index contributed by atoms with van der Waals surface area (Å²) in [5.41, 5.74) is 12.5. The molecule has 3 aromatic rings. The maximum Gasteiger partial charge on any atom is 2.00 e. The van der Waals surface area contributed by atoms with Crippen LogP contribution in [0, 0.1) is 20.5 Å². The van der Waals surface area contributed by atoms with Crippen LogP contribution < -0.4 is 59.4 Å². The monoisotopic (exact) mass is 587 g/mol. The summed E-state index contributed by atoms with van der Waals surface area (Å²) < 4.78 is 67.9. The van der Waals surface area contributed by atoms with Crippen molar-refractivity contribution in [2.24, 2.45) is 11.5 Å². The van der Waals surface area contributed by atoms with Crippen molar-refractivity contribution in [3.05, 3.63) is 48.8 Å². The van der Waals surface area contributed by atoms with Crippen molar-refractivity contribution >= 4 is 21.8 Å². The van der Waals surface area contributed by atoms with Crippen LogP contribution in [0.15, 0.2) is 48.8 Å². The van der Waals surface area contributed by atoms with Crippen molar-refractivity contribution in [3.8, 4) is 0 Å². The van der Waals surface area contributed by atoms with Crippen LogP contribution in [0.4, 0.5) is 0 Å². The summed E-state index contributed by atoms with van der Waals surface area (Å²) in [5, 5.41) is 8.61. The number of hydrogen-bond donors (Lipinski definition) is 4. The van der Waals surface area contributed by atoms with Gasteiger partial charge in [0.1, 0.15) is 0 Å². The van der Waals surface area contributed by atoms with Gasteiger partial charge in [0.25, 0.3) is 0 Å². The second-order valence-corrected chi connectivity index (χ2v) is 7.56. The number of halogens is 2. The van der Waals surface area contributed by atoms with E-state index in [9.17, 15) is 0 Å². The molecule has 0 aliphatic rings. The summed E-state index contributed by atoms with van der Waals surface area (Å²) >= 11 is 0. The summed E-state index contributed by atoms with van der Waals surface area (Å²) in [5.74, 6) is 0. The molecule has 17 heteroatoms. The first-order valence-corrected chi connectivity index (χ1v) is 12.0. The predicted molar refractivity (Wildman–Crippen MR) is 101 cm³/mol. The van der Waals surface area contributed by atoms with E-state index in [0.29, 0.717) is 13.1 Å². The first kappa shape index (κ1) is 35.8. The van der Waals surface area contributed by atoms with Crippen molar-refractivity contribution in [2.45, 2.75) is 0 Å². The molecule has 0 bridgehead atoms. The third kappa shape index (κ3) is 22.8. The molecule has 3 rings (SSSR count). The summed E-state index contributed by atoms with van der Waals surface area (Å²) in [6.45, 7) is 5.14. The topological polar surface area (TPSA) is 286 Å². The average molecular weight is 589 g/mol. The van der Waals surface area contributed by atoms with Crippen LogP contribution in [0.3, 0.4) is 0 Å². The SMILES string of the molecule is NCCNCCNCCN.[Cu+2].[O-][Cl+3]([O-])([O-])[O-].[O-][Cl+3]([O-])([O-])[O-].c1cnc2c(c1)ccc1cccnc12. The van der Waals surface area contributed by atoms with Gasteiger partial charge in [-0.3, -0.25) is 9.97 Å². The van der Waals surface area contributed by atoms with Gasteiger partial charge in [-0.05, 0) is 12.1 Å². The van der Waals surface area contributed by atoms with E-state index in [2.05, 4.69) is 44.9 Å². The minimum absolute atomic E-state index is 0.